The molecule has 0 aliphatic carbocycles. The number of carbonyl (C=O) groups excluding carboxylic acids is 1. The van der Waals surface area contributed by atoms with Crippen molar-refractivity contribution in [2.24, 2.45) is 0 Å². The van der Waals surface area contributed by atoms with Gasteiger partial charge in [-0.3, -0.25) is 9.78 Å². The largest absolute Gasteiger partial charge is 0.396 e. The van der Waals surface area contributed by atoms with Crippen molar-refractivity contribution in [2.75, 3.05) is 13.2 Å². The number of hydrogen-bond acceptors (Lipinski definition) is 3. The fraction of sp³-hybridized carbons (Fsp3) is 0.538. The Kier molecular flexibility index (Phi) is 4.09. The molecule has 4 nitrogen and oxygen atoms in total. The van der Waals surface area contributed by atoms with Crippen LogP contribution in [-0.4, -0.2) is 34.0 Å². The first-order chi connectivity index (χ1) is 8.31. The zero-order valence-corrected chi connectivity index (χ0v) is 9.93. The highest BCUT2D eigenvalue weighted by atomic mass is 16.3. The third-order valence-electron chi connectivity index (χ3n) is 3.12. The van der Waals surface area contributed by atoms with Crippen molar-refractivity contribution < 1.29 is 9.90 Å². The van der Waals surface area contributed by atoms with Gasteiger partial charge in [-0.2, -0.15) is 0 Å². The van der Waals surface area contributed by atoms with Crippen molar-refractivity contribution >= 4 is 5.91 Å². The summed E-state index contributed by atoms with van der Waals surface area (Å²) in [5, 5.41) is 8.69. The summed E-state index contributed by atoms with van der Waals surface area (Å²) < 4.78 is 0. The van der Waals surface area contributed by atoms with Crippen molar-refractivity contribution in [3.8, 4) is 0 Å². The number of pyridine rings is 1. The van der Waals surface area contributed by atoms with Crippen LogP contribution >= 0.6 is 0 Å². The maximum Gasteiger partial charge on any atom is 0.222 e. The van der Waals surface area contributed by atoms with Gasteiger partial charge in [0.15, 0.2) is 0 Å². The van der Waals surface area contributed by atoms with Gasteiger partial charge in [-0.1, -0.05) is 6.07 Å². The molecule has 1 amide bonds. The first-order valence-electron chi connectivity index (χ1n) is 6.12. The van der Waals surface area contributed by atoms with Crippen LogP contribution in [0, 0.1) is 0 Å². The Balaban J connectivity index is 1.91. The van der Waals surface area contributed by atoms with Crippen LogP contribution in [0.3, 0.4) is 0 Å². The summed E-state index contributed by atoms with van der Waals surface area (Å²) in [6.07, 6.45) is 4.67. The summed E-state index contributed by atoms with van der Waals surface area (Å²) in [7, 11) is 0. The van der Waals surface area contributed by atoms with Crippen LogP contribution in [-0.2, 0) is 17.8 Å². The van der Waals surface area contributed by atoms with Gasteiger partial charge in [0, 0.05) is 44.4 Å². The number of unbranched alkanes of at least 4 members (excludes halogenated alkanes) is 1. The highest BCUT2D eigenvalue weighted by molar-refractivity contribution is 5.76. The van der Waals surface area contributed by atoms with Crippen molar-refractivity contribution in [3.05, 3.63) is 29.6 Å². The summed E-state index contributed by atoms with van der Waals surface area (Å²) in [5.74, 6) is 0.188. The fourth-order valence-electron chi connectivity index (χ4n) is 2.12. The minimum atomic E-state index is 0.167. The fourth-order valence-corrected chi connectivity index (χ4v) is 2.12. The number of aromatic nitrogens is 1. The number of hydrogen-bond donors (Lipinski definition) is 1. The van der Waals surface area contributed by atoms with Gasteiger partial charge in [-0.15, -0.1) is 0 Å². The number of aliphatic hydroxyl groups excluding tert-OH is 1. The zero-order chi connectivity index (χ0) is 12.1. The summed E-state index contributed by atoms with van der Waals surface area (Å²) in [4.78, 5) is 18.1. The summed E-state index contributed by atoms with van der Waals surface area (Å²) in [5.41, 5.74) is 2.28. The van der Waals surface area contributed by atoms with Crippen LogP contribution in [0.1, 0.15) is 30.5 Å². The van der Waals surface area contributed by atoms with Crippen LogP contribution < -0.4 is 0 Å². The van der Waals surface area contributed by atoms with Crippen LogP contribution in [0.5, 0.6) is 0 Å². The first kappa shape index (κ1) is 12.0. The number of amides is 1. The SMILES string of the molecule is O=C(CCCCO)N1CCc2ncccc2C1. The van der Waals surface area contributed by atoms with Gasteiger partial charge in [0.2, 0.25) is 5.91 Å². The monoisotopic (exact) mass is 234 g/mol. The Morgan fingerprint density at radius 2 is 2.35 bits per heavy atom. The van der Waals surface area contributed by atoms with Crippen LogP contribution in [0.4, 0.5) is 0 Å². The van der Waals surface area contributed by atoms with E-state index in [1.165, 1.54) is 0 Å². The predicted molar refractivity (Wildman–Crippen MR) is 64.3 cm³/mol. The van der Waals surface area contributed by atoms with E-state index < -0.39 is 0 Å². The van der Waals surface area contributed by atoms with Gasteiger partial charge in [0.05, 0.1) is 0 Å². The van der Waals surface area contributed by atoms with E-state index in [9.17, 15) is 4.79 Å². The number of aliphatic hydroxyl groups is 1. The molecule has 1 aromatic heterocycles. The van der Waals surface area contributed by atoms with Gasteiger partial charge in [-0.25, -0.2) is 0 Å². The molecule has 1 N–H and O–H groups in total. The molecule has 2 heterocycles. The minimum Gasteiger partial charge on any atom is -0.396 e. The molecule has 0 unspecified atom stereocenters. The number of rotatable bonds is 4. The third kappa shape index (κ3) is 3.03. The molecule has 2 rings (SSSR count). The molecule has 0 bridgehead atoms. The topological polar surface area (TPSA) is 53.4 Å². The Hall–Kier alpha value is -1.42. The van der Waals surface area contributed by atoms with Crippen LogP contribution in [0.15, 0.2) is 18.3 Å². The highest BCUT2D eigenvalue weighted by Crippen LogP contribution is 2.17. The molecule has 0 spiro atoms. The molecule has 1 aliphatic heterocycles. The number of fused-ring (bicyclic) bond motifs is 1. The summed E-state index contributed by atoms with van der Waals surface area (Å²) in [6.45, 7) is 1.61. The Morgan fingerprint density at radius 3 is 3.18 bits per heavy atom. The summed E-state index contributed by atoms with van der Waals surface area (Å²) in [6, 6.07) is 3.95. The molecule has 0 saturated carbocycles. The Morgan fingerprint density at radius 1 is 1.47 bits per heavy atom. The van der Waals surface area contributed by atoms with Gasteiger partial charge in [-0.05, 0) is 24.5 Å². The molecule has 1 aromatic rings. The van der Waals surface area contributed by atoms with E-state index in [1.54, 1.807) is 6.20 Å². The molecular weight excluding hydrogens is 216 g/mol. The standard InChI is InChI=1S/C13H18N2O2/c16-9-2-1-5-13(17)15-8-6-12-11(10-15)4-3-7-14-12/h3-4,7,16H,1-2,5-6,8-10H2. The predicted octanol–water partition coefficient (Wildman–Crippen LogP) is 1.13. The number of carbonyl (C=O) groups is 1. The molecule has 4 heteroatoms. The lowest BCUT2D eigenvalue weighted by Gasteiger charge is -2.28. The Labute approximate surface area is 101 Å². The molecule has 0 saturated heterocycles. The average Bonchev–Trinajstić information content (AvgIpc) is 2.38. The molecule has 0 aromatic carbocycles. The second-order valence-corrected chi connectivity index (χ2v) is 4.36. The lowest BCUT2D eigenvalue weighted by atomic mass is 10.1. The van der Waals surface area contributed by atoms with E-state index in [0.717, 1.165) is 30.6 Å². The van der Waals surface area contributed by atoms with Crippen molar-refractivity contribution in [2.45, 2.75) is 32.2 Å². The van der Waals surface area contributed by atoms with Gasteiger partial charge < -0.3 is 10.0 Å². The van der Waals surface area contributed by atoms with E-state index in [0.29, 0.717) is 19.4 Å². The quantitative estimate of drug-likeness (QED) is 0.794. The summed E-state index contributed by atoms with van der Waals surface area (Å²) >= 11 is 0. The second kappa shape index (κ2) is 5.77. The molecule has 17 heavy (non-hydrogen) atoms. The van der Waals surface area contributed by atoms with Gasteiger partial charge in [0.25, 0.3) is 0 Å². The normalized spacial score (nSPS) is 14.5. The van der Waals surface area contributed by atoms with Crippen molar-refractivity contribution in [3.63, 3.8) is 0 Å². The first-order valence-corrected chi connectivity index (χ1v) is 6.12. The maximum atomic E-state index is 11.9. The van der Waals surface area contributed by atoms with E-state index in [-0.39, 0.29) is 12.5 Å². The van der Waals surface area contributed by atoms with Gasteiger partial charge >= 0.3 is 0 Å². The van der Waals surface area contributed by atoms with E-state index in [1.807, 2.05) is 17.0 Å². The van der Waals surface area contributed by atoms with Crippen LogP contribution in [0.25, 0.3) is 0 Å². The van der Waals surface area contributed by atoms with E-state index >= 15 is 0 Å². The van der Waals surface area contributed by atoms with E-state index in [2.05, 4.69) is 4.98 Å². The zero-order valence-electron chi connectivity index (χ0n) is 9.93. The lowest BCUT2D eigenvalue weighted by Crippen LogP contribution is -2.36. The molecule has 0 radical (unpaired) electrons. The molecule has 0 atom stereocenters. The van der Waals surface area contributed by atoms with Crippen molar-refractivity contribution in [1.29, 1.82) is 0 Å². The van der Waals surface area contributed by atoms with Gasteiger partial charge in [0.1, 0.15) is 0 Å². The lowest BCUT2D eigenvalue weighted by molar-refractivity contribution is -0.132. The maximum absolute atomic E-state index is 11.9. The minimum absolute atomic E-state index is 0.167. The second-order valence-electron chi connectivity index (χ2n) is 4.36. The Bertz CT molecular complexity index is 393. The molecule has 92 valence electrons. The van der Waals surface area contributed by atoms with Crippen LogP contribution in [0.2, 0.25) is 0 Å². The molecule has 1 aliphatic rings. The smallest absolute Gasteiger partial charge is 0.222 e. The highest BCUT2D eigenvalue weighted by Gasteiger charge is 2.20. The molecular formula is C13H18N2O2. The van der Waals surface area contributed by atoms with Crippen molar-refractivity contribution in [1.82, 2.24) is 9.88 Å². The van der Waals surface area contributed by atoms with E-state index in [4.69, 9.17) is 5.11 Å². The number of nitrogens with zero attached hydrogens (tertiary/aromatic N) is 2. The average molecular weight is 234 g/mol. The third-order valence-corrected chi connectivity index (χ3v) is 3.12. The molecule has 0 fully saturated rings.